The van der Waals surface area contributed by atoms with Crippen molar-refractivity contribution in [2.45, 2.75) is 57.0 Å². The van der Waals surface area contributed by atoms with Crippen LogP contribution in [-0.4, -0.2) is 50.9 Å². The Morgan fingerprint density at radius 2 is 1.02 bits per heavy atom. The van der Waals surface area contributed by atoms with Crippen molar-refractivity contribution in [3.63, 3.8) is 0 Å². The number of hydrogen-bond acceptors (Lipinski definition) is 4. The quantitative estimate of drug-likeness (QED) is 0.179. The molecule has 2 atom stereocenters. The highest BCUT2D eigenvalue weighted by Crippen LogP contribution is 2.32. The molecular formula is C36H34F4N4O4. The number of nitrogens with two attached hydrogens (primary N) is 2. The molecule has 0 saturated carbocycles. The molecule has 250 valence electrons. The van der Waals surface area contributed by atoms with Crippen LogP contribution in [0.4, 0.5) is 22.4 Å². The monoisotopic (exact) mass is 662 g/mol. The fourth-order valence-corrected chi connectivity index (χ4v) is 6.16. The molecule has 5 N–H and O–H groups in total. The standard InChI is InChI=1S/C36H34F4N4O4/c37-27-11-7-21(17-29(27)39)9-13-31-33(45)32(14-10-22-8-12-28(38)30(40)18-22)44(20-24-4-2-6-26(16-24)35(42)47)36(48)43(31)19-23-3-1-5-25(15-23)34(41)46/h1-8,11-12,15-18,31-33,45H,9-10,13-14,19-20H2,(H2,41,46)(H2,42,47)/t31-,32-/m1/s1. The van der Waals surface area contributed by atoms with Crippen LogP contribution in [0.1, 0.15) is 55.8 Å². The number of aliphatic hydroxyl groups is 1. The van der Waals surface area contributed by atoms with Crippen molar-refractivity contribution >= 4 is 17.8 Å². The minimum absolute atomic E-state index is 0.0345. The minimum Gasteiger partial charge on any atom is -0.389 e. The van der Waals surface area contributed by atoms with Gasteiger partial charge in [0, 0.05) is 24.2 Å². The smallest absolute Gasteiger partial charge is 0.321 e. The summed E-state index contributed by atoms with van der Waals surface area (Å²) in [5.41, 5.74) is 13.4. The molecule has 1 aliphatic heterocycles. The SMILES string of the molecule is NC(=O)c1cccc(CN2C(=O)N(Cc3cccc(C(N)=O)c3)[C@H](CCc3ccc(F)c(F)c3)C(O)[C@H]2CCc2ccc(F)c(F)c2)c1. The van der Waals surface area contributed by atoms with E-state index in [0.717, 1.165) is 24.3 Å². The van der Waals surface area contributed by atoms with Crippen molar-refractivity contribution in [3.05, 3.63) is 142 Å². The van der Waals surface area contributed by atoms with Gasteiger partial charge in [-0.15, -0.1) is 0 Å². The zero-order chi connectivity index (χ0) is 34.5. The van der Waals surface area contributed by atoms with Crippen molar-refractivity contribution in [1.82, 2.24) is 9.80 Å². The maximum atomic E-state index is 14.5. The number of nitrogens with zero attached hydrogens (tertiary/aromatic N) is 2. The van der Waals surface area contributed by atoms with Gasteiger partial charge >= 0.3 is 6.03 Å². The van der Waals surface area contributed by atoms with E-state index in [2.05, 4.69) is 0 Å². The highest BCUT2D eigenvalue weighted by Gasteiger charge is 2.45. The lowest BCUT2D eigenvalue weighted by atomic mass is 9.88. The third kappa shape index (κ3) is 7.83. The number of hydrogen-bond donors (Lipinski definition) is 3. The van der Waals surface area contributed by atoms with Gasteiger partial charge in [0.2, 0.25) is 11.8 Å². The Bertz CT molecular complexity index is 1710. The Hall–Kier alpha value is -5.23. The Morgan fingerprint density at radius 3 is 1.40 bits per heavy atom. The third-order valence-corrected chi connectivity index (χ3v) is 8.63. The molecule has 1 fully saturated rings. The second kappa shape index (κ2) is 14.7. The summed E-state index contributed by atoms with van der Waals surface area (Å²) in [6.45, 7) is -0.0691. The number of aryl methyl sites for hydroxylation is 2. The molecule has 0 spiro atoms. The van der Waals surface area contributed by atoms with Gasteiger partial charge in [0.05, 0.1) is 18.2 Å². The molecule has 0 unspecified atom stereocenters. The Labute approximate surface area is 274 Å². The number of halogens is 4. The molecule has 0 aliphatic carbocycles. The van der Waals surface area contributed by atoms with Gasteiger partial charge in [0.1, 0.15) is 0 Å². The number of benzene rings is 4. The maximum Gasteiger partial charge on any atom is 0.321 e. The van der Waals surface area contributed by atoms with Crippen LogP contribution in [0.25, 0.3) is 0 Å². The molecule has 8 nitrogen and oxygen atoms in total. The van der Waals surface area contributed by atoms with Gasteiger partial charge in [-0.05, 0) is 96.5 Å². The van der Waals surface area contributed by atoms with E-state index in [1.54, 1.807) is 36.4 Å². The minimum atomic E-state index is -1.21. The average Bonchev–Trinajstić information content (AvgIpc) is 3.06. The van der Waals surface area contributed by atoms with Crippen LogP contribution in [0, 0.1) is 23.3 Å². The number of primary amides is 2. The highest BCUT2D eigenvalue weighted by molar-refractivity contribution is 5.93. The second-order valence-corrected chi connectivity index (χ2v) is 11.9. The summed E-state index contributed by atoms with van der Waals surface area (Å²) in [5, 5.41) is 12.0. The summed E-state index contributed by atoms with van der Waals surface area (Å²) in [7, 11) is 0. The molecule has 12 heteroatoms. The average molecular weight is 663 g/mol. The van der Waals surface area contributed by atoms with Crippen LogP contribution < -0.4 is 11.5 Å². The first-order chi connectivity index (χ1) is 22.9. The zero-order valence-corrected chi connectivity index (χ0v) is 25.8. The summed E-state index contributed by atoms with van der Waals surface area (Å²) >= 11 is 0. The topological polar surface area (TPSA) is 130 Å². The molecule has 5 rings (SSSR count). The fraction of sp³-hybridized carbons (Fsp3) is 0.250. The van der Waals surface area contributed by atoms with Crippen molar-refractivity contribution in [2.24, 2.45) is 11.5 Å². The lowest BCUT2D eigenvalue weighted by Gasteiger charge is -2.49. The van der Waals surface area contributed by atoms with Crippen LogP contribution in [0.3, 0.4) is 0 Å². The Balaban J connectivity index is 1.52. The second-order valence-electron chi connectivity index (χ2n) is 11.9. The number of amides is 4. The van der Waals surface area contributed by atoms with E-state index in [1.807, 2.05) is 0 Å². The lowest BCUT2D eigenvalue weighted by Crippen LogP contribution is -2.65. The molecule has 1 heterocycles. The summed E-state index contributed by atoms with van der Waals surface area (Å²) in [5.74, 6) is -5.38. The largest absolute Gasteiger partial charge is 0.389 e. The molecule has 1 saturated heterocycles. The van der Waals surface area contributed by atoms with E-state index < -0.39 is 59.3 Å². The molecular weight excluding hydrogens is 628 g/mol. The van der Waals surface area contributed by atoms with Crippen molar-refractivity contribution in [3.8, 4) is 0 Å². The first kappa shape index (κ1) is 34.1. The normalized spacial score (nSPS) is 16.7. The number of urea groups is 1. The molecule has 1 aliphatic rings. The van der Waals surface area contributed by atoms with E-state index in [1.165, 1.54) is 34.1 Å². The number of rotatable bonds is 12. The van der Waals surface area contributed by atoms with Crippen molar-refractivity contribution < 1.29 is 37.1 Å². The fourth-order valence-electron chi connectivity index (χ4n) is 6.16. The summed E-state index contributed by atoms with van der Waals surface area (Å²) < 4.78 is 55.4. The van der Waals surface area contributed by atoms with E-state index in [-0.39, 0.29) is 49.9 Å². The van der Waals surface area contributed by atoms with Gasteiger partial charge in [-0.2, -0.15) is 0 Å². The van der Waals surface area contributed by atoms with E-state index >= 15 is 0 Å². The first-order valence-corrected chi connectivity index (χ1v) is 15.3. The van der Waals surface area contributed by atoms with Gasteiger partial charge in [0.15, 0.2) is 23.3 Å². The molecule has 4 aromatic carbocycles. The zero-order valence-electron chi connectivity index (χ0n) is 25.8. The molecule has 0 bridgehead atoms. The molecule has 0 radical (unpaired) electrons. The predicted molar refractivity (Wildman–Crippen MR) is 169 cm³/mol. The molecule has 0 aromatic heterocycles. The van der Waals surface area contributed by atoms with E-state index in [4.69, 9.17) is 11.5 Å². The van der Waals surface area contributed by atoms with E-state index in [0.29, 0.717) is 22.3 Å². The molecule has 4 amide bonds. The maximum absolute atomic E-state index is 14.5. The highest BCUT2D eigenvalue weighted by atomic mass is 19.2. The summed E-state index contributed by atoms with van der Waals surface area (Å²) in [6, 6.07) is 17.6. The number of carbonyl (C=O) groups excluding carboxylic acids is 3. The Morgan fingerprint density at radius 1 is 0.604 bits per heavy atom. The molecule has 4 aromatic rings. The molecule has 48 heavy (non-hydrogen) atoms. The van der Waals surface area contributed by atoms with Gasteiger partial charge in [-0.1, -0.05) is 36.4 Å². The lowest BCUT2D eigenvalue weighted by molar-refractivity contribution is -0.0478. The van der Waals surface area contributed by atoms with Gasteiger partial charge < -0.3 is 26.4 Å². The van der Waals surface area contributed by atoms with Crippen LogP contribution in [0.15, 0.2) is 84.9 Å². The first-order valence-electron chi connectivity index (χ1n) is 15.3. The number of aliphatic hydroxyl groups excluding tert-OH is 1. The summed E-state index contributed by atoms with van der Waals surface area (Å²) in [6.07, 6.45) is -0.543. The van der Waals surface area contributed by atoms with Gasteiger partial charge in [0.25, 0.3) is 0 Å². The third-order valence-electron chi connectivity index (χ3n) is 8.63. The van der Waals surface area contributed by atoms with Gasteiger partial charge in [-0.3, -0.25) is 9.59 Å². The van der Waals surface area contributed by atoms with E-state index in [9.17, 15) is 37.1 Å². The van der Waals surface area contributed by atoms with Crippen molar-refractivity contribution in [1.29, 1.82) is 0 Å². The van der Waals surface area contributed by atoms with Crippen LogP contribution in [0.5, 0.6) is 0 Å². The number of carbonyl (C=O) groups is 3. The van der Waals surface area contributed by atoms with Crippen molar-refractivity contribution in [2.75, 3.05) is 0 Å². The Kier molecular flexibility index (Phi) is 10.4. The predicted octanol–water partition coefficient (Wildman–Crippen LogP) is 5.24. The van der Waals surface area contributed by atoms with Crippen LogP contribution in [-0.2, 0) is 25.9 Å². The van der Waals surface area contributed by atoms with Crippen LogP contribution in [0.2, 0.25) is 0 Å². The van der Waals surface area contributed by atoms with Crippen LogP contribution >= 0.6 is 0 Å². The van der Waals surface area contributed by atoms with Gasteiger partial charge in [-0.25, -0.2) is 22.4 Å². The summed E-state index contributed by atoms with van der Waals surface area (Å²) in [4.78, 5) is 41.2.